The van der Waals surface area contributed by atoms with Crippen LogP contribution in [0.1, 0.15) is 91.1 Å². The van der Waals surface area contributed by atoms with E-state index in [-0.39, 0.29) is 33.8 Å². The number of anilines is 2. The fourth-order valence-electron chi connectivity index (χ4n) is 7.74. The first kappa shape index (κ1) is 30.3. The molecule has 2 saturated heterocycles. The lowest BCUT2D eigenvalue weighted by molar-refractivity contribution is 0.0873. The average molecular weight is 645 g/mol. The highest BCUT2D eigenvalue weighted by molar-refractivity contribution is 6.42. The predicted octanol–water partition coefficient (Wildman–Crippen LogP) is 5.82. The first-order valence-electron chi connectivity index (χ1n) is 16.8. The molecule has 2 fully saturated rings. The molecule has 0 aromatic heterocycles. The summed E-state index contributed by atoms with van der Waals surface area (Å²) in [5, 5.41) is 21.8. The van der Waals surface area contributed by atoms with Crippen LogP contribution in [0.4, 0.5) is 11.4 Å². The third kappa shape index (κ3) is 4.94. The van der Waals surface area contributed by atoms with Crippen LogP contribution in [0.25, 0.3) is 10.8 Å². The topological polar surface area (TPSA) is 122 Å². The van der Waals surface area contributed by atoms with Gasteiger partial charge in [0.25, 0.3) is 23.6 Å². The first-order chi connectivity index (χ1) is 23.3. The fourth-order valence-corrected chi connectivity index (χ4v) is 7.74. The van der Waals surface area contributed by atoms with Crippen molar-refractivity contribution in [3.8, 4) is 11.5 Å². The lowest BCUT2D eigenvalue weighted by atomic mass is 9.85. The second-order valence-corrected chi connectivity index (χ2v) is 13.3. The van der Waals surface area contributed by atoms with Gasteiger partial charge in [0, 0.05) is 57.2 Å². The van der Waals surface area contributed by atoms with E-state index in [1.54, 1.807) is 48.5 Å². The number of hydrogen-bond acceptors (Lipinski definition) is 8. The van der Waals surface area contributed by atoms with E-state index in [0.717, 1.165) is 61.7 Å². The Bertz CT molecular complexity index is 1810. The minimum atomic E-state index is -0.561. The molecular formula is C38H36N4O6. The maximum absolute atomic E-state index is 14.0. The predicted molar refractivity (Wildman–Crippen MR) is 181 cm³/mol. The van der Waals surface area contributed by atoms with Gasteiger partial charge < -0.3 is 10.2 Å². The number of hydrogen-bond donors (Lipinski definition) is 2. The van der Waals surface area contributed by atoms with E-state index in [1.165, 1.54) is 25.0 Å². The Morgan fingerprint density at radius 2 is 0.792 bits per heavy atom. The summed E-state index contributed by atoms with van der Waals surface area (Å²) >= 11 is 0. The van der Waals surface area contributed by atoms with Crippen LogP contribution in [0.2, 0.25) is 0 Å². The lowest BCUT2D eigenvalue weighted by Crippen LogP contribution is -2.43. The summed E-state index contributed by atoms with van der Waals surface area (Å²) in [4.78, 5) is 62.9. The highest BCUT2D eigenvalue weighted by atomic mass is 16.3. The average Bonchev–Trinajstić information content (AvgIpc) is 3.10. The van der Waals surface area contributed by atoms with Crippen LogP contribution in [-0.4, -0.2) is 69.8 Å². The van der Waals surface area contributed by atoms with Crippen LogP contribution in [0, 0.1) is 0 Å². The van der Waals surface area contributed by atoms with Gasteiger partial charge in [0.05, 0.1) is 11.4 Å². The lowest BCUT2D eigenvalue weighted by Gasteiger charge is -2.32. The van der Waals surface area contributed by atoms with Crippen LogP contribution in [-0.2, 0) is 13.1 Å². The molecule has 0 spiro atoms. The molecule has 4 amide bonds. The van der Waals surface area contributed by atoms with Gasteiger partial charge in [0.1, 0.15) is 11.5 Å². The Hall–Kier alpha value is -5.06. The van der Waals surface area contributed by atoms with Gasteiger partial charge in [0.2, 0.25) is 0 Å². The minimum Gasteiger partial charge on any atom is -0.508 e. The maximum atomic E-state index is 14.0. The summed E-state index contributed by atoms with van der Waals surface area (Å²) in [6, 6.07) is 15.7. The standard InChI is InChI=1S/C38H36N4O6/c43-31-13-7-25(19-23(31)21-39-15-3-1-4-16-39)41-35(45)27-9-11-29-34-30(12-10-28(33(27)34)36(41)46)38(48)42(37(29)47)26-8-14-32(44)24(20-26)22-40-17-5-2-6-18-40/h7-14,19-20,43-44H,1-6,15-18,21-22H2. The molecule has 244 valence electrons. The number of phenols is 2. The van der Waals surface area contributed by atoms with Gasteiger partial charge in [-0.1, -0.05) is 12.8 Å². The minimum absolute atomic E-state index is 0.106. The zero-order valence-corrected chi connectivity index (χ0v) is 26.6. The number of benzene rings is 4. The molecule has 4 aromatic rings. The number of rotatable bonds is 6. The van der Waals surface area contributed by atoms with E-state index in [0.29, 0.717) is 46.4 Å². The number of likely N-dealkylation sites (tertiary alicyclic amines) is 2. The molecule has 0 atom stereocenters. The van der Waals surface area contributed by atoms with Gasteiger partial charge in [-0.25, -0.2) is 9.80 Å². The summed E-state index contributed by atoms with van der Waals surface area (Å²) in [6.07, 6.45) is 6.72. The van der Waals surface area contributed by atoms with Crippen molar-refractivity contribution in [3.05, 3.63) is 94.0 Å². The van der Waals surface area contributed by atoms with E-state index in [4.69, 9.17) is 0 Å². The fraction of sp³-hybridized carbons (Fsp3) is 0.316. The number of nitrogens with zero attached hydrogens (tertiary/aromatic N) is 4. The number of aromatic hydroxyl groups is 2. The molecule has 0 unspecified atom stereocenters. The second kappa shape index (κ2) is 11.9. The summed E-state index contributed by atoms with van der Waals surface area (Å²) < 4.78 is 0. The Morgan fingerprint density at radius 1 is 0.458 bits per heavy atom. The molecule has 0 aliphatic carbocycles. The highest BCUT2D eigenvalue weighted by Crippen LogP contribution is 2.41. The Balaban J connectivity index is 1.14. The molecule has 48 heavy (non-hydrogen) atoms. The van der Waals surface area contributed by atoms with Crippen molar-refractivity contribution in [1.29, 1.82) is 0 Å². The Morgan fingerprint density at radius 3 is 1.12 bits per heavy atom. The molecule has 10 heteroatoms. The number of piperidine rings is 2. The molecule has 0 saturated carbocycles. The number of carbonyl (C=O) groups is 4. The van der Waals surface area contributed by atoms with E-state index in [1.807, 2.05) is 0 Å². The quantitative estimate of drug-likeness (QED) is 0.252. The van der Waals surface area contributed by atoms with E-state index < -0.39 is 23.6 Å². The van der Waals surface area contributed by atoms with Crippen molar-refractivity contribution in [2.24, 2.45) is 0 Å². The van der Waals surface area contributed by atoms with Crippen LogP contribution in [0.3, 0.4) is 0 Å². The van der Waals surface area contributed by atoms with Crippen LogP contribution >= 0.6 is 0 Å². The molecule has 4 aliphatic rings. The molecule has 4 heterocycles. The number of imide groups is 2. The van der Waals surface area contributed by atoms with Crippen LogP contribution in [0.15, 0.2) is 60.7 Å². The smallest absolute Gasteiger partial charge is 0.265 e. The number of amides is 4. The van der Waals surface area contributed by atoms with Crippen molar-refractivity contribution in [2.45, 2.75) is 51.6 Å². The molecule has 10 nitrogen and oxygen atoms in total. The molecule has 2 N–H and O–H groups in total. The summed E-state index contributed by atoms with van der Waals surface area (Å²) in [5.41, 5.74) is 2.85. The summed E-state index contributed by atoms with van der Waals surface area (Å²) in [7, 11) is 0. The van der Waals surface area contributed by atoms with Gasteiger partial charge in [-0.3, -0.25) is 29.0 Å². The zero-order valence-electron chi connectivity index (χ0n) is 26.6. The van der Waals surface area contributed by atoms with Crippen molar-refractivity contribution >= 4 is 45.8 Å². The number of phenolic OH excluding ortho intramolecular Hbond substituents is 2. The van der Waals surface area contributed by atoms with Gasteiger partial charge in [-0.2, -0.15) is 0 Å². The summed E-state index contributed by atoms with van der Waals surface area (Å²) in [5.74, 6) is -2.03. The zero-order chi connectivity index (χ0) is 33.1. The largest absolute Gasteiger partial charge is 0.508 e. The third-order valence-corrected chi connectivity index (χ3v) is 10.2. The van der Waals surface area contributed by atoms with Gasteiger partial charge in [-0.05, 0) is 113 Å². The van der Waals surface area contributed by atoms with Crippen molar-refractivity contribution < 1.29 is 29.4 Å². The first-order valence-corrected chi connectivity index (χ1v) is 16.8. The Kier molecular flexibility index (Phi) is 7.49. The molecule has 4 aliphatic heterocycles. The van der Waals surface area contributed by atoms with Crippen molar-refractivity contribution in [3.63, 3.8) is 0 Å². The Labute approximate surface area is 277 Å². The molecule has 4 aromatic carbocycles. The molecule has 0 radical (unpaired) electrons. The maximum Gasteiger partial charge on any atom is 0.265 e. The van der Waals surface area contributed by atoms with Gasteiger partial charge >= 0.3 is 0 Å². The van der Waals surface area contributed by atoms with Gasteiger partial charge in [0.15, 0.2) is 0 Å². The summed E-state index contributed by atoms with van der Waals surface area (Å²) in [6.45, 7) is 4.71. The third-order valence-electron chi connectivity index (χ3n) is 10.2. The van der Waals surface area contributed by atoms with E-state index >= 15 is 0 Å². The van der Waals surface area contributed by atoms with Crippen LogP contribution in [0.5, 0.6) is 11.5 Å². The van der Waals surface area contributed by atoms with E-state index in [9.17, 15) is 29.4 Å². The highest BCUT2D eigenvalue weighted by Gasteiger charge is 2.41. The van der Waals surface area contributed by atoms with Crippen molar-refractivity contribution in [1.82, 2.24) is 9.80 Å². The second-order valence-electron chi connectivity index (χ2n) is 13.3. The normalized spacial score (nSPS) is 18.7. The van der Waals surface area contributed by atoms with Gasteiger partial charge in [-0.15, -0.1) is 0 Å². The van der Waals surface area contributed by atoms with Crippen LogP contribution < -0.4 is 9.80 Å². The monoisotopic (exact) mass is 644 g/mol. The SMILES string of the molecule is O=C1c2ccc3c4c(ccc(c24)C(=O)N1c1ccc(O)c(CN2CCCCC2)c1)C(=O)N(c1ccc(O)c(CN2CCCCC2)c1)C3=O. The number of carbonyl (C=O) groups excluding carboxylic acids is 4. The molecular weight excluding hydrogens is 608 g/mol. The molecule has 0 bridgehead atoms. The van der Waals surface area contributed by atoms with Crippen molar-refractivity contribution in [2.75, 3.05) is 36.0 Å². The van der Waals surface area contributed by atoms with E-state index in [2.05, 4.69) is 9.80 Å². The molecule has 8 rings (SSSR count).